The Balaban J connectivity index is 1.76. The molecule has 134 valence electrons. The van der Waals surface area contributed by atoms with E-state index in [1.807, 2.05) is 30.5 Å². The fourth-order valence-electron chi connectivity index (χ4n) is 2.54. The molecular weight excluding hydrogens is 393 g/mol. The maximum atomic E-state index is 12.6. The first-order chi connectivity index (χ1) is 12.5. The first-order valence-corrected chi connectivity index (χ1v) is 9.74. The van der Waals surface area contributed by atoms with Gasteiger partial charge in [-0.3, -0.25) is 14.2 Å². The predicted molar refractivity (Wildman–Crippen MR) is 107 cm³/mol. The highest BCUT2D eigenvalue weighted by Crippen LogP contribution is 2.25. The van der Waals surface area contributed by atoms with E-state index in [-0.39, 0.29) is 24.4 Å². The van der Waals surface area contributed by atoms with Crippen LogP contribution in [0.2, 0.25) is 10.0 Å². The molecule has 0 spiro atoms. The zero-order valence-corrected chi connectivity index (χ0v) is 16.2. The van der Waals surface area contributed by atoms with Gasteiger partial charge in [-0.1, -0.05) is 35.3 Å². The van der Waals surface area contributed by atoms with Crippen molar-refractivity contribution in [2.24, 2.45) is 0 Å². The molecule has 5 nitrogen and oxygen atoms in total. The van der Waals surface area contributed by atoms with Crippen molar-refractivity contribution >= 4 is 57.5 Å². The Bertz CT molecular complexity index is 1040. The van der Waals surface area contributed by atoms with E-state index < -0.39 is 0 Å². The van der Waals surface area contributed by atoms with Crippen LogP contribution in [0.3, 0.4) is 0 Å². The third-order valence-electron chi connectivity index (χ3n) is 3.81. The molecule has 1 amide bonds. The molecule has 0 aliphatic carbocycles. The molecule has 0 aliphatic rings. The molecule has 1 heterocycles. The van der Waals surface area contributed by atoms with Gasteiger partial charge in [0, 0.05) is 22.9 Å². The number of nitrogens with zero attached hydrogens (tertiary/aromatic N) is 2. The Hall–Kier alpha value is -2.02. The van der Waals surface area contributed by atoms with Crippen LogP contribution in [0, 0.1) is 0 Å². The van der Waals surface area contributed by atoms with E-state index in [1.165, 1.54) is 17.0 Å². The molecule has 0 unspecified atom stereocenters. The van der Waals surface area contributed by atoms with E-state index in [4.69, 9.17) is 23.2 Å². The van der Waals surface area contributed by atoms with Crippen molar-refractivity contribution < 1.29 is 4.79 Å². The summed E-state index contributed by atoms with van der Waals surface area (Å²) in [5.41, 5.74) is 0.875. The van der Waals surface area contributed by atoms with Crippen molar-refractivity contribution in [1.29, 1.82) is 0 Å². The summed E-state index contributed by atoms with van der Waals surface area (Å²) in [6, 6.07) is 10.6. The summed E-state index contributed by atoms with van der Waals surface area (Å²) >= 11 is 13.6. The average Bonchev–Trinajstić information content (AvgIpc) is 2.62. The number of anilines is 1. The number of aryl methyl sites for hydroxylation is 1. The summed E-state index contributed by atoms with van der Waals surface area (Å²) in [7, 11) is 0. The van der Waals surface area contributed by atoms with E-state index in [0.29, 0.717) is 20.9 Å². The molecule has 3 rings (SSSR count). The molecule has 0 saturated heterocycles. The van der Waals surface area contributed by atoms with E-state index in [1.54, 1.807) is 17.8 Å². The highest BCUT2D eigenvalue weighted by Gasteiger charge is 2.11. The highest BCUT2D eigenvalue weighted by atomic mass is 35.5. The smallest absolute Gasteiger partial charge is 0.261 e. The minimum atomic E-state index is -0.281. The van der Waals surface area contributed by atoms with Crippen molar-refractivity contribution in [3.8, 4) is 0 Å². The minimum absolute atomic E-state index is 0.143. The number of carbonyl (C=O) groups excluding carboxylic acids is 1. The molecule has 1 aromatic heterocycles. The molecule has 26 heavy (non-hydrogen) atoms. The number of fused-ring (bicyclic) bond motifs is 1. The van der Waals surface area contributed by atoms with Crippen molar-refractivity contribution in [1.82, 2.24) is 9.55 Å². The van der Waals surface area contributed by atoms with Crippen LogP contribution in [0.4, 0.5) is 5.69 Å². The molecule has 0 aliphatic heterocycles. The molecule has 3 aromatic rings. The number of aromatic nitrogens is 2. The number of para-hydroxylation sites is 1. The second-order valence-electron chi connectivity index (χ2n) is 5.53. The summed E-state index contributed by atoms with van der Waals surface area (Å²) in [6.45, 7) is 0.208. The van der Waals surface area contributed by atoms with Crippen LogP contribution in [0.5, 0.6) is 0 Å². The van der Waals surface area contributed by atoms with Crippen molar-refractivity contribution in [3.05, 3.63) is 63.1 Å². The third kappa shape index (κ3) is 4.03. The standard InChI is InChI=1S/C18H15Cl2N3O2S/c1-26-15-5-3-2-4-14(15)22-16(24)6-7-23-10-21-17-12(18(23)25)8-11(19)9-13(17)20/h2-5,8-10H,6-7H2,1H3,(H,22,24). The number of amides is 1. The molecule has 0 bridgehead atoms. The Morgan fingerprint density at radius 2 is 2.04 bits per heavy atom. The molecule has 2 aromatic carbocycles. The predicted octanol–water partition coefficient (Wildman–Crippen LogP) is 4.45. The summed E-state index contributed by atoms with van der Waals surface area (Å²) in [6.07, 6.45) is 3.49. The minimum Gasteiger partial charge on any atom is -0.325 e. The van der Waals surface area contributed by atoms with Crippen molar-refractivity contribution in [3.63, 3.8) is 0 Å². The Kier molecular flexibility index (Phi) is 5.86. The van der Waals surface area contributed by atoms with Gasteiger partial charge in [0.15, 0.2) is 0 Å². The van der Waals surface area contributed by atoms with Crippen LogP contribution in [-0.4, -0.2) is 21.7 Å². The zero-order valence-electron chi connectivity index (χ0n) is 13.8. The summed E-state index contributed by atoms with van der Waals surface area (Å²) in [4.78, 5) is 30.0. The lowest BCUT2D eigenvalue weighted by molar-refractivity contribution is -0.116. The Labute approximate surface area is 164 Å². The number of thioether (sulfide) groups is 1. The van der Waals surface area contributed by atoms with Crippen LogP contribution >= 0.6 is 35.0 Å². The maximum absolute atomic E-state index is 12.6. The Morgan fingerprint density at radius 3 is 2.81 bits per heavy atom. The van der Waals surface area contributed by atoms with E-state index in [9.17, 15) is 9.59 Å². The molecule has 8 heteroatoms. The summed E-state index contributed by atoms with van der Waals surface area (Å²) in [5.74, 6) is -0.178. The van der Waals surface area contributed by atoms with Gasteiger partial charge >= 0.3 is 0 Å². The maximum Gasteiger partial charge on any atom is 0.261 e. The largest absolute Gasteiger partial charge is 0.325 e. The van der Waals surface area contributed by atoms with Gasteiger partial charge in [-0.25, -0.2) is 4.98 Å². The number of rotatable bonds is 5. The molecule has 0 fully saturated rings. The second-order valence-corrected chi connectivity index (χ2v) is 7.22. The fraction of sp³-hybridized carbons (Fsp3) is 0.167. The lowest BCUT2D eigenvalue weighted by atomic mass is 10.2. The summed E-state index contributed by atoms with van der Waals surface area (Å²) in [5, 5.41) is 3.89. The van der Waals surface area contributed by atoms with Gasteiger partial charge < -0.3 is 5.32 Å². The first kappa shape index (κ1) is 18.8. The quantitative estimate of drug-likeness (QED) is 0.634. The number of hydrogen-bond donors (Lipinski definition) is 1. The Morgan fingerprint density at radius 1 is 1.27 bits per heavy atom. The number of carbonyl (C=O) groups is 1. The van der Waals surface area contributed by atoms with Crippen LogP contribution in [0.25, 0.3) is 10.9 Å². The number of benzene rings is 2. The van der Waals surface area contributed by atoms with E-state index in [2.05, 4.69) is 10.3 Å². The lowest BCUT2D eigenvalue weighted by Crippen LogP contribution is -2.23. The summed E-state index contributed by atoms with van der Waals surface area (Å²) < 4.78 is 1.38. The van der Waals surface area contributed by atoms with Gasteiger partial charge in [0.2, 0.25) is 5.91 Å². The third-order valence-corrected chi connectivity index (χ3v) is 5.11. The monoisotopic (exact) mass is 407 g/mol. The van der Waals surface area contributed by atoms with E-state index >= 15 is 0 Å². The zero-order chi connectivity index (χ0) is 18.7. The molecular formula is C18H15Cl2N3O2S. The topological polar surface area (TPSA) is 64.0 Å². The van der Waals surface area contributed by atoms with Gasteiger partial charge in [-0.2, -0.15) is 0 Å². The molecule has 0 radical (unpaired) electrons. The average molecular weight is 408 g/mol. The first-order valence-electron chi connectivity index (χ1n) is 7.76. The molecule has 0 atom stereocenters. The highest BCUT2D eigenvalue weighted by molar-refractivity contribution is 7.98. The van der Waals surface area contributed by atoms with Crippen LogP contribution < -0.4 is 10.9 Å². The van der Waals surface area contributed by atoms with Crippen molar-refractivity contribution in [2.45, 2.75) is 17.9 Å². The number of nitrogens with one attached hydrogen (secondary N) is 1. The number of halogens is 2. The van der Waals surface area contributed by atoms with Gasteiger partial charge in [-0.05, 0) is 30.5 Å². The molecule has 1 N–H and O–H groups in total. The number of hydrogen-bond acceptors (Lipinski definition) is 4. The van der Waals surface area contributed by atoms with Crippen LogP contribution in [-0.2, 0) is 11.3 Å². The van der Waals surface area contributed by atoms with Crippen LogP contribution in [0.1, 0.15) is 6.42 Å². The fourth-order valence-corrected chi connectivity index (χ4v) is 3.63. The van der Waals surface area contributed by atoms with Gasteiger partial charge in [0.1, 0.15) is 0 Å². The molecule has 0 saturated carbocycles. The van der Waals surface area contributed by atoms with E-state index in [0.717, 1.165) is 10.6 Å². The van der Waals surface area contributed by atoms with Gasteiger partial charge in [0.05, 0.1) is 27.9 Å². The second kappa shape index (κ2) is 8.12. The SMILES string of the molecule is CSc1ccccc1NC(=O)CCn1cnc2c(Cl)cc(Cl)cc2c1=O. The normalized spacial score (nSPS) is 10.9. The van der Waals surface area contributed by atoms with Gasteiger partial charge in [0.25, 0.3) is 5.56 Å². The van der Waals surface area contributed by atoms with Crippen LogP contribution in [0.15, 0.2) is 52.4 Å². The van der Waals surface area contributed by atoms with Crippen molar-refractivity contribution in [2.75, 3.05) is 11.6 Å². The lowest BCUT2D eigenvalue weighted by Gasteiger charge is -2.10. The van der Waals surface area contributed by atoms with Gasteiger partial charge in [-0.15, -0.1) is 11.8 Å².